The second-order valence-electron chi connectivity index (χ2n) is 0. The first kappa shape index (κ1) is 31.0. The zero-order valence-electron chi connectivity index (χ0n) is 3.55. The molecule has 0 aliphatic rings. The minimum atomic E-state index is 0. The second-order valence-corrected chi connectivity index (χ2v) is 0. The molecule has 0 heterocycles. The zero-order valence-corrected chi connectivity index (χ0v) is 8.58. The summed E-state index contributed by atoms with van der Waals surface area (Å²) in [5.41, 5.74) is 0. The summed E-state index contributed by atoms with van der Waals surface area (Å²) in [5, 5.41) is 0. The average Bonchev–Trinajstić information content (AvgIpc) is 2.03. The largest absolute Gasteiger partial charge is 4.00 e. The molecule has 0 spiro atoms. The number of hydrogen-bond acceptors (Lipinski definition) is 4. The van der Waals surface area contributed by atoms with Crippen LogP contribution in [-0.4, -0.2) is 0 Å². The molecule has 0 rings (SSSR count). The number of hydrogen-bond donors (Lipinski definition) is 0. The van der Waals surface area contributed by atoms with E-state index in [9.17, 15) is 0 Å². The Kier molecular flexibility index (Phi) is 884. The van der Waals surface area contributed by atoms with Gasteiger partial charge in [-0.15, -0.1) is 0 Å². The first-order valence-electron chi connectivity index (χ1n) is 0.617. The van der Waals surface area contributed by atoms with Gasteiger partial charge in [0.2, 0.25) is 0 Å². The second kappa shape index (κ2) is 257. The van der Waals surface area contributed by atoms with Gasteiger partial charge in [-0.25, -0.2) is 47.5 Å². The molecule has 0 radical (unpaired) electrons. The van der Waals surface area contributed by atoms with Crippen molar-refractivity contribution in [2.75, 3.05) is 0 Å². The van der Waals surface area contributed by atoms with Crippen LogP contribution in [0, 0.1) is 0 Å². The van der Waals surface area contributed by atoms with Gasteiger partial charge in [0.1, 0.15) is 0 Å². The van der Waals surface area contributed by atoms with Gasteiger partial charge in [0.05, 0.1) is 0 Å². The van der Waals surface area contributed by atoms with Crippen LogP contribution in [0.4, 0.5) is 0 Å². The molecule has 9 heteroatoms. The van der Waals surface area contributed by atoms with Crippen LogP contribution in [-0.2, 0) is 21.1 Å². The quantitative estimate of drug-likeness (QED) is 0.484. The van der Waals surface area contributed by atoms with Crippen LogP contribution in [0.15, 0.2) is 0 Å². The minimum absolute atomic E-state index is 0. The summed E-state index contributed by atoms with van der Waals surface area (Å²) in [7, 11) is 0. The van der Waals surface area contributed by atoms with E-state index in [1.807, 2.05) is 0 Å². The van der Waals surface area contributed by atoms with E-state index in [0.29, 0.717) is 0 Å². The fourth-order valence-electron chi connectivity index (χ4n) is 0. The van der Waals surface area contributed by atoms with Crippen LogP contribution in [0.5, 0.6) is 0 Å². The first-order valence-corrected chi connectivity index (χ1v) is 1.85. The van der Waals surface area contributed by atoms with Crippen molar-refractivity contribution >= 4 is 47.5 Å². The summed E-state index contributed by atoms with van der Waals surface area (Å²) in [6, 6.07) is 0. The molecule has 0 aliphatic carbocycles. The summed E-state index contributed by atoms with van der Waals surface area (Å²) in [5.74, 6) is 0. The molecule has 4 nitrogen and oxygen atoms in total. The average molecular weight is 302 g/mol. The van der Waals surface area contributed by atoms with Crippen LogP contribution < -0.4 is 18.6 Å². The van der Waals surface area contributed by atoms with Gasteiger partial charge in [-0.2, -0.15) is 0 Å². The Morgan fingerprint density at radius 3 is 0.444 bits per heavy atom. The van der Waals surface area contributed by atoms with Crippen molar-refractivity contribution in [2.45, 2.75) is 0 Å². The van der Waals surface area contributed by atoms with Crippen molar-refractivity contribution in [1.29, 1.82) is 0 Å². The van der Waals surface area contributed by atoms with Crippen LogP contribution in [0.2, 0.25) is 0 Å². The van der Waals surface area contributed by atoms with Crippen LogP contribution in [0.1, 0.15) is 0 Å². The Bertz CT molecular complexity index is 12.5. The standard InChI is InChI=1S/4ClO.Mo/c4*1-2;/q4*-1;+4. The van der Waals surface area contributed by atoms with Crippen molar-refractivity contribution in [3.05, 3.63) is 0 Å². The summed E-state index contributed by atoms with van der Waals surface area (Å²) < 4.78 is 30.9. The maximum atomic E-state index is 7.72. The van der Waals surface area contributed by atoms with Gasteiger partial charge >= 0.3 is 21.1 Å². The third-order valence-corrected chi connectivity index (χ3v) is 0. The molecule has 9 heavy (non-hydrogen) atoms. The number of halogens is 4. The topological polar surface area (TPSA) is 92.2 Å². The third kappa shape index (κ3) is 201. The molecule has 0 amide bonds. The van der Waals surface area contributed by atoms with E-state index in [1.165, 1.54) is 0 Å². The van der Waals surface area contributed by atoms with Gasteiger partial charge in [-0.3, -0.25) is 0 Å². The monoisotopic (exact) mass is 302 g/mol. The molecule has 0 N–H and O–H groups in total. The predicted molar refractivity (Wildman–Crippen MR) is 23.4 cm³/mol. The van der Waals surface area contributed by atoms with E-state index < -0.39 is 0 Å². The molecule has 0 atom stereocenters. The molecule has 0 aromatic rings. The Hall–Kier alpha value is 1.69. The van der Waals surface area contributed by atoms with E-state index in [-0.39, 0.29) is 21.1 Å². The van der Waals surface area contributed by atoms with Gasteiger partial charge in [0.15, 0.2) is 0 Å². The molecule has 58 valence electrons. The van der Waals surface area contributed by atoms with Crippen LogP contribution in [0.3, 0.4) is 0 Å². The summed E-state index contributed by atoms with van der Waals surface area (Å²) in [6.45, 7) is 0. The third-order valence-electron chi connectivity index (χ3n) is 0. The normalized spacial score (nSPS) is 2.67. The molecule has 0 unspecified atom stereocenters. The Labute approximate surface area is 86.9 Å². The van der Waals surface area contributed by atoms with Crippen molar-refractivity contribution in [2.24, 2.45) is 0 Å². The Balaban J connectivity index is -0.00000000762. The maximum absolute atomic E-state index is 7.72. The van der Waals surface area contributed by atoms with E-state index in [1.54, 1.807) is 0 Å². The van der Waals surface area contributed by atoms with Gasteiger partial charge in [0, 0.05) is 0 Å². The van der Waals surface area contributed by atoms with Crippen LogP contribution in [0.25, 0.3) is 0 Å². The molecular weight excluding hydrogens is 302 g/mol. The van der Waals surface area contributed by atoms with E-state index >= 15 is 0 Å². The van der Waals surface area contributed by atoms with Gasteiger partial charge in [-0.05, 0) is 0 Å². The van der Waals surface area contributed by atoms with Crippen molar-refractivity contribution in [3.63, 3.8) is 0 Å². The van der Waals surface area contributed by atoms with E-state index in [0.717, 1.165) is 0 Å². The van der Waals surface area contributed by atoms with Crippen molar-refractivity contribution < 1.29 is 39.7 Å². The first-order chi connectivity index (χ1) is 4.00. The molecule has 0 aromatic carbocycles. The molecule has 0 saturated carbocycles. The maximum Gasteiger partial charge on any atom is 4.00 e. The molecule has 0 fully saturated rings. The van der Waals surface area contributed by atoms with Gasteiger partial charge in [0.25, 0.3) is 0 Å². The summed E-state index contributed by atoms with van der Waals surface area (Å²) in [4.78, 5) is 0. The van der Waals surface area contributed by atoms with Crippen molar-refractivity contribution in [3.8, 4) is 0 Å². The van der Waals surface area contributed by atoms with E-state index in [2.05, 4.69) is 47.5 Å². The van der Waals surface area contributed by atoms with Crippen molar-refractivity contribution in [1.82, 2.24) is 0 Å². The SMILES string of the molecule is [Mo+4].[O-]Cl.[O-]Cl.[O-]Cl.[O-]Cl. The Morgan fingerprint density at radius 1 is 0.444 bits per heavy atom. The van der Waals surface area contributed by atoms with E-state index in [4.69, 9.17) is 18.6 Å². The predicted octanol–water partition coefficient (Wildman–Crippen LogP) is -2.00. The zero-order chi connectivity index (χ0) is 8.00. The Morgan fingerprint density at radius 2 is 0.444 bits per heavy atom. The fourth-order valence-corrected chi connectivity index (χ4v) is 0. The fraction of sp³-hybridized carbons (Fsp3) is 0. The van der Waals surface area contributed by atoms with Crippen LogP contribution >= 0.6 is 47.5 Å². The van der Waals surface area contributed by atoms with Gasteiger partial charge < -0.3 is 18.6 Å². The summed E-state index contributed by atoms with van der Waals surface area (Å²) in [6.07, 6.45) is 0. The smallest absolute Gasteiger partial charge is 0.769 e. The number of rotatable bonds is 0. The molecule has 0 saturated heterocycles. The molecule has 0 aromatic heterocycles. The van der Waals surface area contributed by atoms with Gasteiger partial charge in [-0.1, -0.05) is 0 Å². The summed E-state index contributed by atoms with van der Waals surface area (Å²) >= 11 is 13.6. The molecule has 0 bridgehead atoms. The molecule has 0 aliphatic heterocycles. The molecular formula is Cl4MoO4. The minimum Gasteiger partial charge on any atom is -0.769 e.